The Hall–Kier alpha value is -1.32. The number of rotatable bonds is 5. The van der Waals surface area contributed by atoms with E-state index in [0.29, 0.717) is 5.76 Å². The summed E-state index contributed by atoms with van der Waals surface area (Å²) < 4.78 is 31.6. The highest BCUT2D eigenvalue weighted by atomic mass is 19.3. The molecular formula is C8H10F2O2. The maximum absolute atomic E-state index is 11.5. The molecule has 0 heterocycles. The first-order valence-electron chi connectivity index (χ1n) is 3.11. The van der Waals surface area contributed by atoms with E-state index in [1.165, 1.54) is 19.3 Å². The average Bonchev–Trinajstić information content (AvgIpc) is 1.99. The van der Waals surface area contributed by atoms with Gasteiger partial charge in [0.2, 0.25) is 0 Å². The molecule has 0 atom stereocenters. The van der Waals surface area contributed by atoms with Crippen molar-refractivity contribution in [2.24, 2.45) is 0 Å². The highest BCUT2D eigenvalue weighted by Gasteiger charge is 2.01. The van der Waals surface area contributed by atoms with Gasteiger partial charge in [-0.25, -0.2) is 0 Å². The van der Waals surface area contributed by atoms with Crippen LogP contribution in [0, 0.1) is 0 Å². The van der Waals surface area contributed by atoms with Crippen molar-refractivity contribution >= 4 is 0 Å². The molecule has 0 spiro atoms. The second-order valence-corrected chi connectivity index (χ2v) is 1.85. The van der Waals surface area contributed by atoms with E-state index in [1.54, 1.807) is 0 Å². The Labute approximate surface area is 69.8 Å². The molecule has 0 aromatic rings. The van der Waals surface area contributed by atoms with E-state index in [1.807, 2.05) is 0 Å². The first kappa shape index (κ1) is 10.7. The Kier molecular flexibility index (Phi) is 4.76. The predicted molar refractivity (Wildman–Crippen MR) is 41.5 cm³/mol. The van der Waals surface area contributed by atoms with Gasteiger partial charge >= 0.3 is 6.61 Å². The number of ether oxygens (including phenoxy) is 2. The Bertz CT molecular complexity index is 197. The van der Waals surface area contributed by atoms with E-state index in [9.17, 15) is 8.78 Å². The van der Waals surface area contributed by atoms with Crippen LogP contribution in [0.25, 0.3) is 0 Å². The summed E-state index contributed by atoms with van der Waals surface area (Å²) in [5, 5.41) is 0. The van der Waals surface area contributed by atoms with Crippen molar-refractivity contribution in [1.82, 2.24) is 0 Å². The minimum atomic E-state index is -2.85. The Morgan fingerprint density at radius 2 is 1.75 bits per heavy atom. The van der Waals surface area contributed by atoms with Crippen molar-refractivity contribution < 1.29 is 18.3 Å². The largest absolute Gasteiger partial charge is 0.497 e. The molecule has 0 rings (SSSR count). The quantitative estimate of drug-likeness (QED) is 0.473. The molecule has 0 N–H and O–H groups in total. The standard InChI is InChI=1S/C8H10F2O2/c1-6(11-3)4-5-7(2)12-8(9)10/h4-5,8H,1-2H2,3H3/b5-4-. The van der Waals surface area contributed by atoms with Crippen LogP contribution in [0.4, 0.5) is 8.78 Å². The summed E-state index contributed by atoms with van der Waals surface area (Å²) in [5.41, 5.74) is 0. The van der Waals surface area contributed by atoms with Crippen LogP contribution >= 0.6 is 0 Å². The zero-order chi connectivity index (χ0) is 9.56. The van der Waals surface area contributed by atoms with Crippen LogP contribution < -0.4 is 0 Å². The van der Waals surface area contributed by atoms with E-state index >= 15 is 0 Å². The van der Waals surface area contributed by atoms with Crippen molar-refractivity contribution in [3.8, 4) is 0 Å². The van der Waals surface area contributed by atoms with Gasteiger partial charge in [-0.3, -0.25) is 0 Å². The highest BCUT2D eigenvalue weighted by Crippen LogP contribution is 2.05. The third-order valence-corrected chi connectivity index (χ3v) is 0.958. The zero-order valence-corrected chi connectivity index (χ0v) is 6.72. The predicted octanol–water partition coefficient (Wildman–Crippen LogP) is 2.46. The lowest BCUT2D eigenvalue weighted by Crippen LogP contribution is -1.95. The SMILES string of the molecule is C=C(/C=C\C(=C)OC(F)F)OC. The molecule has 0 aliphatic heterocycles. The lowest BCUT2D eigenvalue weighted by molar-refractivity contribution is -0.0915. The van der Waals surface area contributed by atoms with Crippen LogP contribution in [0.1, 0.15) is 0 Å². The van der Waals surface area contributed by atoms with Crippen molar-refractivity contribution in [1.29, 1.82) is 0 Å². The summed E-state index contributed by atoms with van der Waals surface area (Å²) in [4.78, 5) is 0. The normalized spacial score (nSPS) is 10.3. The van der Waals surface area contributed by atoms with Crippen LogP contribution in [-0.4, -0.2) is 13.7 Å². The molecule has 0 bridgehead atoms. The first-order chi connectivity index (χ1) is 5.56. The van der Waals surface area contributed by atoms with Crippen molar-refractivity contribution in [3.63, 3.8) is 0 Å². The molecule has 0 aromatic carbocycles. The maximum atomic E-state index is 11.5. The second-order valence-electron chi connectivity index (χ2n) is 1.85. The number of halogens is 2. The molecule has 4 heteroatoms. The van der Waals surface area contributed by atoms with Crippen LogP contribution in [-0.2, 0) is 9.47 Å². The molecule has 0 saturated carbocycles. The smallest absolute Gasteiger partial charge is 0.387 e. The summed E-state index contributed by atoms with van der Waals surface area (Å²) in [6.07, 6.45) is 2.63. The van der Waals surface area contributed by atoms with Gasteiger partial charge in [0.15, 0.2) is 0 Å². The van der Waals surface area contributed by atoms with E-state index in [-0.39, 0.29) is 5.76 Å². The van der Waals surface area contributed by atoms with Crippen LogP contribution in [0.2, 0.25) is 0 Å². The van der Waals surface area contributed by atoms with Crippen LogP contribution in [0.15, 0.2) is 36.8 Å². The van der Waals surface area contributed by atoms with Gasteiger partial charge in [0.25, 0.3) is 0 Å². The van der Waals surface area contributed by atoms with Crippen LogP contribution in [0.3, 0.4) is 0 Å². The summed E-state index contributed by atoms with van der Waals surface area (Å²) in [6.45, 7) is 3.80. The van der Waals surface area contributed by atoms with E-state index in [2.05, 4.69) is 22.6 Å². The summed E-state index contributed by atoms with van der Waals surface area (Å²) >= 11 is 0. The molecule has 0 aromatic heterocycles. The van der Waals surface area contributed by atoms with Crippen LogP contribution in [0.5, 0.6) is 0 Å². The molecule has 2 nitrogen and oxygen atoms in total. The molecule has 0 fully saturated rings. The molecule has 12 heavy (non-hydrogen) atoms. The minimum Gasteiger partial charge on any atom is -0.497 e. The van der Waals surface area contributed by atoms with Crippen molar-refractivity contribution in [3.05, 3.63) is 36.8 Å². The third-order valence-electron chi connectivity index (χ3n) is 0.958. The van der Waals surface area contributed by atoms with E-state index in [0.717, 1.165) is 0 Å². The lowest BCUT2D eigenvalue weighted by atomic mass is 10.4. The minimum absolute atomic E-state index is 0.136. The van der Waals surface area contributed by atoms with Gasteiger partial charge in [0.05, 0.1) is 7.11 Å². The Morgan fingerprint density at radius 3 is 2.17 bits per heavy atom. The van der Waals surface area contributed by atoms with Gasteiger partial charge in [-0.05, 0) is 12.2 Å². The van der Waals surface area contributed by atoms with Gasteiger partial charge in [-0.15, -0.1) is 0 Å². The highest BCUT2D eigenvalue weighted by molar-refractivity contribution is 5.16. The molecule has 0 amide bonds. The number of methoxy groups -OCH3 is 1. The van der Waals surface area contributed by atoms with Crippen molar-refractivity contribution in [2.75, 3.05) is 7.11 Å². The molecule has 0 radical (unpaired) electrons. The number of allylic oxidation sites excluding steroid dienone is 2. The average molecular weight is 176 g/mol. The fraction of sp³-hybridized carbons (Fsp3) is 0.250. The van der Waals surface area contributed by atoms with Gasteiger partial charge in [-0.1, -0.05) is 13.2 Å². The van der Waals surface area contributed by atoms with Gasteiger partial charge in [0, 0.05) is 0 Å². The summed E-state index contributed by atoms with van der Waals surface area (Å²) in [6, 6.07) is 0. The van der Waals surface area contributed by atoms with Crippen molar-refractivity contribution in [2.45, 2.75) is 6.61 Å². The number of hydrogen-bond donors (Lipinski definition) is 0. The second kappa shape index (κ2) is 5.35. The van der Waals surface area contributed by atoms with Gasteiger partial charge in [0.1, 0.15) is 11.5 Å². The fourth-order valence-corrected chi connectivity index (χ4v) is 0.408. The van der Waals surface area contributed by atoms with E-state index in [4.69, 9.17) is 0 Å². The third kappa shape index (κ3) is 5.46. The van der Waals surface area contributed by atoms with E-state index < -0.39 is 6.61 Å². The summed E-state index contributed by atoms with van der Waals surface area (Å²) in [5.74, 6) is 0.206. The zero-order valence-electron chi connectivity index (χ0n) is 6.72. The Morgan fingerprint density at radius 1 is 1.25 bits per heavy atom. The topological polar surface area (TPSA) is 18.5 Å². The molecule has 0 aliphatic carbocycles. The lowest BCUT2D eigenvalue weighted by Gasteiger charge is -2.02. The monoisotopic (exact) mass is 176 g/mol. The summed E-state index contributed by atoms with van der Waals surface area (Å²) in [7, 11) is 1.42. The number of hydrogen-bond acceptors (Lipinski definition) is 2. The molecule has 0 aliphatic rings. The molecule has 0 unspecified atom stereocenters. The number of alkyl halides is 2. The molecule has 0 saturated heterocycles. The Balaban J connectivity index is 3.83. The maximum Gasteiger partial charge on any atom is 0.387 e. The molecule has 68 valence electrons. The molecular weight excluding hydrogens is 166 g/mol. The van der Waals surface area contributed by atoms with Gasteiger partial charge < -0.3 is 9.47 Å². The fourth-order valence-electron chi connectivity index (χ4n) is 0.408. The van der Waals surface area contributed by atoms with Gasteiger partial charge in [-0.2, -0.15) is 8.78 Å². The first-order valence-corrected chi connectivity index (χ1v) is 3.11.